The fourth-order valence-electron chi connectivity index (χ4n) is 3.26. The van der Waals surface area contributed by atoms with Crippen LogP contribution in [0.5, 0.6) is 0 Å². The van der Waals surface area contributed by atoms with Gasteiger partial charge in [0.15, 0.2) is 0 Å². The van der Waals surface area contributed by atoms with E-state index < -0.39 is 0 Å². The summed E-state index contributed by atoms with van der Waals surface area (Å²) in [5.41, 5.74) is 0. The second-order valence-corrected chi connectivity index (χ2v) is 7.63. The van der Waals surface area contributed by atoms with Crippen LogP contribution in [0.15, 0.2) is 0 Å². The summed E-state index contributed by atoms with van der Waals surface area (Å²) in [6, 6.07) is 2.55. The lowest BCUT2D eigenvalue weighted by atomic mass is 9.77. The molecule has 98 valence electrons. The molecule has 2 aliphatic carbocycles. The summed E-state index contributed by atoms with van der Waals surface area (Å²) < 4.78 is 0. The number of thioether (sulfide) groups is 1. The summed E-state index contributed by atoms with van der Waals surface area (Å²) >= 11 is 2.15. The molecular formula is C14H26N2S. The topological polar surface area (TPSA) is 15.3 Å². The Hall–Kier alpha value is 0.270. The van der Waals surface area contributed by atoms with E-state index in [1.54, 1.807) is 0 Å². The molecule has 0 amide bonds. The fourth-order valence-corrected chi connectivity index (χ4v) is 4.38. The van der Waals surface area contributed by atoms with Crippen molar-refractivity contribution in [3.05, 3.63) is 0 Å². The van der Waals surface area contributed by atoms with Gasteiger partial charge in [-0.25, -0.2) is 0 Å². The summed E-state index contributed by atoms with van der Waals surface area (Å²) in [6.07, 6.45) is 5.74. The van der Waals surface area contributed by atoms with E-state index in [4.69, 9.17) is 0 Å². The van der Waals surface area contributed by atoms with Crippen LogP contribution >= 0.6 is 11.8 Å². The van der Waals surface area contributed by atoms with Crippen molar-refractivity contribution in [2.75, 3.05) is 18.8 Å². The van der Waals surface area contributed by atoms with Crippen molar-refractivity contribution in [1.82, 2.24) is 10.2 Å². The lowest BCUT2D eigenvalue weighted by molar-refractivity contribution is 0.0349. The Bertz CT molecular complexity index is 267. The number of nitrogens with one attached hydrogen (secondary N) is 1. The van der Waals surface area contributed by atoms with E-state index in [-0.39, 0.29) is 0 Å². The Morgan fingerprint density at radius 2 is 2.00 bits per heavy atom. The van der Waals surface area contributed by atoms with Crippen molar-refractivity contribution < 1.29 is 0 Å². The first kappa shape index (κ1) is 12.3. The maximum Gasteiger partial charge on any atom is 0.0187 e. The van der Waals surface area contributed by atoms with E-state index in [2.05, 4.69) is 35.8 Å². The predicted molar refractivity (Wildman–Crippen MR) is 75.6 cm³/mol. The van der Waals surface area contributed by atoms with Gasteiger partial charge in [-0.05, 0) is 45.1 Å². The highest BCUT2D eigenvalue weighted by atomic mass is 32.2. The van der Waals surface area contributed by atoms with Gasteiger partial charge in [-0.3, -0.25) is 4.90 Å². The molecule has 3 fully saturated rings. The highest BCUT2D eigenvalue weighted by molar-refractivity contribution is 8.00. The minimum Gasteiger partial charge on any atom is -0.314 e. The first-order valence-electron chi connectivity index (χ1n) is 7.36. The standard InChI is InChI=1S/C14H26N2S/c1-10-11(2)17-8-7-16(10)14-6-3-12(14)9-15-13-4-5-13/h10-15H,3-9H2,1-2H3. The highest BCUT2D eigenvalue weighted by Gasteiger charge is 2.40. The Kier molecular flexibility index (Phi) is 3.69. The Morgan fingerprint density at radius 1 is 1.18 bits per heavy atom. The Labute approximate surface area is 110 Å². The van der Waals surface area contributed by atoms with Crippen LogP contribution in [0, 0.1) is 5.92 Å². The highest BCUT2D eigenvalue weighted by Crippen LogP contribution is 2.37. The van der Waals surface area contributed by atoms with E-state index in [0.717, 1.165) is 29.3 Å². The Balaban J connectivity index is 1.51. The molecule has 2 nitrogen and oxygen atoms in total. The largest absolute Gasteiger partial charge is 0.314 e. The van der Waals surface area contributed by atoms with E-state index in [9.17, 15) is 0 Å². The first-order chi connectivity index (χ1) is 8.25. The molecule has 3 rings (SSSR count). The average Bonchev–Trinajstić information content (AvgIpc) is 3.07. The molecule has 2 saturated carbocycles. The third kappa shape index (κ3) is 2.66. The molecule has 4 unspecified atom stereocenters. The number of hydrogen-bond acceptors (Lipinski definition) is 3. The molecule has 0 spiro atoms. The normalized spacial score (nSPS) is 43.4. The molecule has 4 atom stereocenters. The van der Waals surface area contributed by atoms with Crippen molar-refractivity contribution in [2.24, 2.45) is 5.92 Å². The maximum absolute atomic E-state index is 3.72. The van der Waals surface area contributed by atoms with Crippen LogP contribution in [-0.4, -0.2) is 47.1 Å². The van der Waals surface area contributed by atoms with E-state index >= 15 is 0 Å². The van der Waals surface area contributed by atoms with Crippen LogP contribution in [0.2, 0.25) is 0 Å². The van der Waals surface area contributed by atoms with Crippen LogP contribution in [0.3, 0.4) is 0 Å². The van der Waals surface area contributed by atoms with Gasteiger partial charge in [0, 0.05) is 35.7 Å². The van der Waals surface area contributed by atoms with Crippen molar-refractivity contribution in [3.63, 3.8) is 0 Å². The lowest BCUT2D eigenvalue weighted by Gasteiger charge is -2.50. The first-order valence-corrected chi connectivity index (χ1v) is 8.41. The van der Waals surface area contributed by atoms with Crippen molar-refractivity contribution in [2.45, 2.75) is 62.9 Å². The van der Waals surface area contributed by atoms with Gasteiger partial charge in [-0.1, -0.05) is 6.92 Å². The molecule has 0 aromatic carbocycles. The molecule has 1 N–H and O–H groups in total. The molecule has 17 heavy (non-hydrogen) atoms. The molecule has 3 aliphatic rings. The zero-order chi connectivity index (χ0) is 11.8. The second kappa shape index (κ2) is 5.10. The minimum absolute atomic E-state index is 0.780. The fraction of sp³-hybridized carbons (Fsp3) is 1.00. The summed E-state index contributed by atoms with van der Waals surface area (Å²) in [6.45, 7) is 7.43. The van der Waals surface area contributed by atoms with Crippen LogP contribution in [0.4, 0.5) is 0 Å². The molecular weight excluding hydrogens is 228 g/mol. The maximum atomic E-state index is 3.72. The predicted octanol–water partition coefficient (Wildman–Crippen LogP) is 2.34. The summed E-state index contributed by atoms with van der Waals surface area (Å²) in [4.78, 5) is 2.81. The van der Waals surface area contributed by atoms with Gasteiger partial charge >= 0.3 is 0 Å². The quantitative estimate of drug-likeness (QED) is 0.829. The van der Waals surface area contributed by atoms with Crippen LogP contribution < -0.4 is 5.32 Å². The SMILES string of the molecule is CC1SCCN(C2CCC2CNC2CC2)C1C. The number of hydrogen-bond donors (Lipinski definition) is 1. The van der Waals surface area contributed by atoms with Crippen molar-refractivity contribution >= 4 is 11.8 Å². The third-order valence-electron chi connectivity index (χ3n) is 4.98. The molecule has 3 heteroatoms. The third-order valence-corrected chi connectivity index (χ3v) is 6.32. The van der Waals surface area contributed by atoms with E-state index in [1.807, 2.05) is 0 Å². The molecule has 0 radical (unpaired) electrons. The Morgan fingerprint density at radius 3 is 2.65 bits per heavy atom. The van der Waals surface area contributed by atoms with Gasteiger partial charge in [0.05, 0.1) is 0 Å². The summed E-state index contributed by atoms with van der Waals surface area (Å²) in [5.74, 6) is 2.28. The van der Waals surface area contributed by atoms with E-state index in [1.165, 1.54) is 44.5 Å². The smallest absolute Gasteiger partial charge is 0.0187 e. The summed E-state index contributed by atoms with van der Waals surface area (Å²) in [5, 5.41) is 4.54. The van der Waals surface area contributed by atoms with Crippen LogP contribution in [0.25, 0.3) is 0 Å². The second-order valence-electron chi connectivity index (χ2n) is 6.14. The molecule has 1 heterocycles. The van der Waals surface area contributed by atoms with E-state index in [0.29, 0.717) is 0 Å². The monoisotopic (exact) mass is 254 g/mol. The van der Waals surface area contributed by atoms with Gasteiger partial charge in [0.25, 0.3) is 0 Å². The number of nitrogens with zero attached hydrogens (tertiary/aromatic N) is 1. The van der Waals surface area contributed by atoms with Crippen molar-refractivity contribution in [3.8, 4) is 0 Å². The number of rotatable bonds is 4. The van der Waals surface area contributed by atoms with Gasteiger partial charge in [-0.15, -0.1) is 0 Å². The molecule has 0 aromatic heterocycles. The molecule has 1 aliphatic heterocycles. The van der Waals surface area contributed by atoms with Gasteiger partial charge in [-0.2, -0.15) is 11.8 Å². The van der Waals surface area contributed by atoms with Gasteiger partial charge in [0.1, 0.15) is 0 Å². The van der Waals surface area contributed by atoms with Crippen LogP contribution in [-0.2, 0) is 0 Å². The molecule has 0 bridgehead atoms. The lowest BCUT2D eigenvalue weighted by Crippen LogP contribution is -2.57. The average molecular weight is 254 g/mol. The van der Waals surface area contributed by atoms with Gasteiger partial charge in [0.2, 0.25) is 0 Å². The zero-order valence-electron chi connectivity index (χ0n) is 11.2. The molecule has 0 aromatic rings. The molecule has 1 saturated heterocycles. The minimum atomic E-state index is 0.780. The summed E-state index contributed by atoms with van der Waals surface area (Å²) in [7, 11) is 0. The van der Waals surface area contributed by atoms with Gasteiger partial charge < -0.3 is 5.32 Å². The zero-order valence-corrected chi connectivity index (χ0v) is 12.0. The van der Waals surface area contributed by atoms with Crippen molar-refractivity contribution in [1.29, 1.82) is 0 Å². The van der Waals surface area contributed by atoms with Crippen LogP contribution in [0.1, 0.15) is 39.5 Å².